The number of benzene rings is 1. The topological polar surface area (TPSA) is 84.4 Å². The number of guanidine groups is 1. The second-order valence-electron chi connectivity index (χ2n) is 8.71. The molecule has 1 fully saturated rings. The fraction of sp³-hybridized carbons (Fsp3) is 0.652. The molecule has 0 radical (unpaired) electrons. The second kappa shape index (κ2) is 12.4. The number of hydrogen-bond acceptors (Lipinski definition) is 5. The van der Waals surface area contributed by atoms with Gasteiger partial charge in [-0.25, -0.2) is 4.79 Å². The molecule has 8 heteroatoms. The third-order valence-electron chi connectivity index (χ3n) is 4.91. The number of rotatable bonds is 8. The molecule has 2 N–H and O–H groups in total. The molecule has 0 aliphatic carbocycles. The van der Waals surface area contributed by atoms with Crippen LogP contribution in [0.4, 0.5) is 10.5 Å². The predicted molar refractivity (Wildman–Crippen MR) is 124 cm³/mol. The van der Waals surface area contributed by atoms with Gasteiger partial charge in [0.15, 0.2) is 5.96 Å². The van der Waals surface area contributed by atoms with Crippen molar-refractivity contribution in [3.63, 3.8) is 0 Å². The lowest BCUT2D eigenvalue weighted by atomic mass is 9.97. The number of aliphatic imine (C=N–C) groups is 1. The van der Waals surface area contributed by atoms with Crippen LogP contribution in [0.25, 0.3) is 0 Å². The molecule has 8 nitrogen and oxygen atoms in total. The molecule has 1 heterocycles. The van der Waals surface area contributed by atoms with Gasteiger partial charge in [-0.3, -0.25) is 4.99 Å². The van der Waals surface area contributed by atoms with E-state index in [9.17, 15) is 4.79 Å². The summed E-state index contributed by atoms with van der Waals surface area (Å²) >= 11 is 0. The summed E-state index contributed by atoms with van der Waals surface area (Å²) in [4.78, 5) is 18.3. The summed E-state index contributed by atoms with van der Waals surface area (Å²) in [6.45, 7) is 9.22. The van der Waals surface area contributed by atoms with Crippen LogP contribution in [0, 0.1) is 5.92 Å². The first-order valence-electron chi connectivity index (χ1n) is 11.0. The Morgan fingerprint density at radius 1 is 1.23 bits per heavy atom. The van der Waals surface area contributed by atoms with E-state index in [1.807, 2.05) is 45.0 Å². The zero-order valence-corrected chi connectivity index (χ0v) is 19.6. The van der Waals surface area contributed by atoms with Gasteiger partial charge < -0.3 is 29.7 Å². The third-order valence-corrected chi connectivity index (χ3v) is 4.91. The van der Waals surface area contributed by atoms with E-state index in [-0.39, 0.29) is 6.09 Å². The van der Waals surface area contributed by atoms with E-state index in [0.29, 0.717) is 25.1 Å². The molecule has 1 amide bonds. The molecule has 0 spiro atoms. The minimum atomic E-state index is -0.458. The number of piperidine rings is 1. The third kappa shape index (κ3) is 9.46. The molecule has 1 aromatic carbocycles. The average molecular weight is 435 g/mol. The number of anilines is 1. The number of nitrogens with one attached hydrogen (secondary N) is 2. The van der Waals surface area contributed by atoms with Crippen LogP contribution in [0.15, 0.2) is 29.3 Å². The van der Waals surface area contributed by atoms with E-state index >= 15 is 0 Å². The van der Waals surface area contributed by atoms with Gasteiger partial charge in [-0.15, -0.1) is 0 Å². The Labute approximate surface area is 186 Å². The fourth-order valence-electron chi connectivity index (χ4n) is 3.26. The van der Waals surface area contributed by atoms with Crippen molar-refractivity contribution in [1.29, 1.82) is 0 Å². The van der Waals surface area contributed by atoms with E-state index in [2.05, 4.69) is 15.6 Å². The van der Waals surface area contributed by atoms with Crippen LogP contribution in [-0.2, 0) is 9.47 Å². The summed E-state index contributed by atoms with van der Waals surface area (Å²) in [6, 6.07) is 7.83. The summed E-state index contributed by atoms with van der Waals surface area (Å²) < 4.78 is 16.3. The van der Waals surface area contributed by atoms with E-state index in [4.69, 9.17) is 14.2 Å². The van der Waals surface area contributed by atoms with Gasteiger partial charge in [0, 0.05) is 58.6 Å². The van der Waals surface area contributed by atoms with Crippen LogP contribution >= 0.6 is 0 Å². The van der Waals surface area contributed by atoms with Gasteiger partial charge in [0.1, 0.15) is 11.4 Å². The van der Waals surface area contributed by atoms with Crippen molar-refractivity contribution in [3.05, 3.63) is 24.3 Å². The van der Waals surface area contributed by atoms with Gasteiger partial charge in [0.05, 0.1) is 6.61 Å². The van der Waals surface area contributed by atoms with Gasteiger partial charge >= 0.3 is 6.09 Å². The summed E-state index contributed by atoms with van der Waals surface area (Å²) in [5, 5.41) is 6.71. The molecule has 1 aliphatic rings. The van der Waals surface area contributed by atoms with Crippen LogP contribution in [0.2, 0.25) is 0 Å². The maximum Gasteiger partial charge on any atom is 0.410 e. The smallest absolute Gasteiger partial charge is 0.410 e. The highest BCUT2D eigenvalue weighted by atomic mass is 16.6. The number of hydrogen-bond donors (Lipinski definition) is 2. The van der Waals surface area contributed by atoms with Crippen molar-refractivity contribution in [2.75, 3.05) is 52.3 Å². The summed E-state index contributed by atoms with van der Waals surface area (Å²) in [5.41, 5.74) is 0.456. The van der Waals surface area contributed by atoms with E-state index in [0.717, 1.165) is 50.3 Å². The Bertz CT molecular complexity index is 710. The van der Waals surface area contributed by atoms with Crippen LogP contribution in [0.5, 0.6) is 5.75 Å². The van der Waals surface area contributed by atoms with Crippen molar-refractivity contribution in [2.24, 2.45) is 10.9 Å². The number of carbonyl (C=O) groups is 1. The van der Waals surface area contributed by atoms with E-state index < -0.39 is 5.60 Å². The molecule has 31 heavy (non-hydrogen) atoms. The number of carbonyl (C=O) groups excluding carboxylic acids is 1. The Hall–Kier alpha value is -2.48. The molecule has 0 bridgehead atoms. The summed E-state index contributed by atoms with van der Waals surface area (Å²) in [6.07, 6.45) is 2.51. The number of amides is 1. The normalized spacial score (nSPS) is 15.5. The molecule has 174 valence electrons. The Morgan fingerprint density at radius 3 is 2.61 bits per heavy atom. The van der Waals surface area contributed by atoms with Crippen molar-refractivity contribution in [2.45, 2.75) is 45.6 Å². The second-order valence-corrected chi connectivity index (χ2v) is 8.71. The van der Waals surface area contributed by atoms with Crippen molar-refractivity contribution >= 4 is 17.7 Å². The minimum absolute atomic E-state index is 0.222. The number of nitrogens with zero attached hydrogens (tertiary/aromatic N) is 2. The Morgan fingerprint density at radius 2 is 1.97 bits per heavy atom. The van der Waals surface area contributed by atoms with Crippen LogP contribution in [0.1, 0.15) is 40.0 Å². The largest absolute Gasteiger partial charge is 0.493 e. The zero-order valence-electron chi connectivity index (χ0n) is 19.6. The molecule has 0 saturated carbocycles. The highest BCUT2D eigenvalue weighted by Gasteiger charge is 2.26. The maximum absolute atomic E-state index is 12.2. The van der Waals surface area contributed by atoms with Gasteiger partial charge in [0.25, 0.3) is 0 Å². The molecule has 0 atom stereocenters. The zero-order chi connectivity index (χ0) is 22.7. The van der Waals surface area contributed by atoms with Crippen LogP contribution in [0.3, 0.4) is 0 Å². The Balaban J connectivity index is 1.75. The maximum atomic E-state index is 12.2. The number of likely N-dealkylation sites (tertiary alicyclic amines) is 1. The monoisotopic (exact) mass is 434 g/mol. The first-order valence-corrected chi connectivity index (χ1v) is 11.0. The van der Waals surface area contributed by atoms with E-state index in [1.165, 1.54) is 0 Å². The minimum Gasteiger partial charge on any atom is -0.493 e. The average Bonchev–Trinajstić information content (AvgIpc) is 2.73. The molecule has 1 saturated heterocycles. The molecule has 1 aliphatic heterocycles. The SMILES string of the molecule is CN=C(NCC1CCN(C(=O)OC(C)(C)C)CC1)Nc1cccc(OCCCOC)c1. The lowest BCUT2D eigenvalue weighted by Crippen LogP contribution is -2.44. The first-order chi connectivity index (χ1) is 14.8. The fourth-order valence-corrected chi connectivity index (χ4v) is 3.26. The molecule has 0 aromatic heterocycles. The van der Waals surface area contributed by atoms with Crippen LogP contribution < -0.4 is 15.4 Å². The predicted octanol–water partition coefficient (Wildman–Crippen LogP) is 3.74. The molecule has 1 aromatic rings. The van der Waals surface area contributed by atoms with Crippen molar-refractivity contribution < 1.29 is 19.0 Å². The highest BCUT2D eigenvalue weighted by molar-refractivity contribution is 5.93. The van der Waals surface area contributed by atoms with Crippen molar-refractivity contribution in [3.8, 4) is 5.75 Å². The van der Waals surface area contributed by atoms with E-state index in [1.54, 1.807) is 19.1 Å². The van der Waals surface area contributed by atoms with Gasteiger partial charge in [0.2, 0.25) is 0 Å². The highest BCUT2D eigenvalue weighted by Crippen LogP contribution is 2.20. The lowest BCUT2D eigenvalue weighted by Gasteiger charge is -2.33. The molecular weight excluding hydrogens is 396 g/mol. The quantitative estimate of drug-likeness (QED) is 0.368. The number of methoxy groups -OCH3 is 1. The van der Waals surface area contributed by atoms with Crippen LogP contribution in [-0.4, -0.2) is 69.6 Å². The molecular formula is C23H38N4O4. The van der Waals surface area contributed by atoms with Gasteiger partial charge in [-0.1, -0.05) is 6.07 Å². The standard InChI is InChI=1S/C23H38N4O4/c1-23(2,3)31-22(28)27-12-10-18(11-13-27)17-25-21(24-4)26-19-8-6-9-20(16-19)30-15-7-14-29-5/h6,8-9,16,18H,7,10-15,17H2,1-5H3,(H2,24,25,26). The van der Waals surface area contributed by atoms with Gasteiger partial charge in [-0.05, 0) is 51.7 Å². The summed E-state index contributed by atoms with van der Waals surface area (Å²) in [5.74, 6) is 2.00. The molecule has 0 unspecified atom stereocenters. The Kier molecular flexibility index (Phi) is 9.91. The number of ether oxygens (including phenoxy) is 3. The first kappa shape index (κ1) is 24.8. The van der Waals surface area contributed by atoms with Gasteiger partial charge in [-0.2, -0.15) is 0 Å². The summed E-state index contributed by atoms with van der Waals surface area (Å²) in [7, 11) is 3.44. The molecule has 2 rings (SSSR count). The lowest BCUT2D eigenvalue weighted by molar-refractivity contribution is 0.0185. The van der Waals surface area contributed by atoms with Crippen molar-refractivity contribution in [1.82, 2.24) is 10.2 Å².